The van der Waals surface area contributed by atoms with E-state index in [0.717, 1.165) is 28.1 Å². The van der Waals surface area contributed by atoms with Crippen LogP contribution < -0.4 is 10.2 Å². The normalized spacial score (nSPS) is 14.4. The summed E-state index contributed by atoms with van der Waals surface area (Å²) in [5.41, 5.74) is 5.88. The van der Waals surface area contributed by atoms with E-state index in [1.807, 2.05) is 49.4 Å². The molecule has 0 atom stereocenters. The molecule has 3 aromatic rings. The summed E-state index contributed by atoms with van der Waals surface area (Å²) >= 11 is 1.45. The summed E-state index contributed by atoms with van der Waals surface area (Å²) < 4.78 is 0. The lowest BCUT2D eigenvalue weighted by Crippen LogP contribution is -2.31. The minimum absolute atomic E-state index is 0.0670. The van der Waals surface area contributed by atoms with E-state index >= 15 is 0 Å². The van der Waals surface area contributed by atoms with Gasteiger partial charge in [0.15, 0.2) is 0 Å². The number of carbonyl (C=O) groups excluding carboxylic acids is 2. The molecular formula is C27H26N2O2S. The molecule has 1 heterocycles. The fourth-order valence-electron chi connectivity index (χ4n) is 3.60. The predicted molar refractivity (Wildman–Crippen MR) is 132 cm³/mol. The number of likely N-dealkylation sites (N-methyl/N-ethyl adjacent to an activating group) is 1. The van der Waals surface area contributed by atoms with Crippen LogP contribution in [0.2, 0.25) is 0 Å². The number of hydrogen-bond donors (Lipinski definition) is 1. The zero-order chi connectivity index (χ0) is 22.7. The molecule has 1 N–H and O–H groups in total. The smallest absolute Gasteiger partial charge is 0.264 e. The van der Waals surface area contributed by atoms with Crippen LogP contribution in [0.3, 0.4) is 0 Å². The third-order valence-electron chi connectivity index (χ3n) is 5.61. The lowest BCUT2D eigenvalue weighted by Gasteiger charge is -2.27. The number of benzene rings is 3. The first-order valence-corrected chi connectivity index (χ1v) is 11.4. The highest BCUT2D eigenvalue weighted by Gasteiger charge is 2.27. The summed E-state index contributed by atoms with van der Waals surface area (Å²) in [6.45, 7) is 4.65. The molecule has 0 radical (unpaired) electrons. The van der Waals surface area contributed by atoms with Crippen LogP contribution in [0.4, 0.5) is 5.69 Å². The molecule has 0 aromatic heterocycles. The number of amides is 2. The average Bonchev–Trinajstić information content (AvgIpc) is 2.79. The van der Waals surface area contributed by atoms with Gasteiger partial charge in [-0.25, -0.2) is 0 Å². The standard InChI is InChI=1S/C27H26N2O2S/c1-18-8-10-20(11-9-18)14-15-28-26(30)22-12-13-24-23(16-22)29(3)27(31)25(32-24)17-21-7-5-4-6-19(21)2/h4-13,16-17H,14-15H2,1-3H3,(H,28,30)/b25-17-. The Hall–Kier alpha value is -3.31. The summed E-state index contributed by atoms with van der Waals surface area (Å²) in [5, 5.41) is 2.98. The Morgan fingerprint density at radius 3 is 2.53 bits per heavy atom. The molecule has 4 rings (SSSR count). The maximum atomic E-state index is 13.0. The minimum Gasteiger partial charge on any atom is -0.352 e. The Morgan fingerprint density at radius 2 is 1.78 bits per heavy atom. The topological polar surface area (TPSA) is 49.4 Å². The highest BCUT2D eigenvalue weighted by atomic mass is 32.2. The van der Waals surface area contributed by atoms with Crippen LogP contribution in [0.25, 0.3) is 6.08 Å². The molecule has 1 aliphatic rings. The van der Waals surface area contributed by atoms with Crippen LogP contribution in [-0.4, -0.2) is 25.4 Å². The summed E-state index contributed by atoms with van der Waals surface area (Å²) in [6, 6.07) is 21.9. The van der Waals surface area contributed by atoms with Crippen molar-refractivity contribution >= 4 is 35.3 Å². The van der Waals surface area contributed by atoms with Crippen molar-refractivity contribution < 1.29 is 9.59 Å². The van der Waals surface area contributed by atoms with E-state index in [9.17, 15) is 9.59 Å². The first-order valence-electron chi connectivity index (χ1n) is 10.6. The molecule has 0 saturated carbocycles. The second-order valence-electron chi connectivity index (χ2n) is 8.01. The molecule has 0 aliphatic carbocycles. The van der Waals surface area contributed by atoms with Crippen LogP contribution in [0, 0.1) is 13.8 Å². The van der Waals surface area contributed by atoms with Crippen molar-refractivity contribution in [1.29, 1.82) is 0 Å². The van der Waals surface area contributed by atoms with Gasteiger partial charge in [-0.15, -0.1) is 0 Å². The molecule has 4 nitrogen and oxygen atoms in total. The number of hydrogen-bond acceptors (Lipinski definition) is 3. The Labute approximate surface area is 193 Å². The number of fused-ring (bicyclic) bond motifs is 1. The Bertz CT molecular complexity index is 1200. The molecule has 0 spiro atoms. The van der Waals surface area contributed by atoms with E-state index in [2.05, 4.69) is 36.5 Å². The van der Waals surface area contributed by atoms with Crippen LogP contribution in [-0.2, 0) is 11.2 Å². The second-order valence-corrected chi connectivity index (χ2v) is 9.09. The minimum atomic E-state index is -0.132. The van der Waals surface area contributed by atoms with Crippen molar-refractivity contribution in [2.45, 2.75) is 25.2 Å². The van der Waals surface area contributed by atoms with Crippen molar-refractivity contribution in [3.05, 3.63) is 99.5 Å². The number of nitrogens with one attached hydrogen (secondary N) is 1. The van der Waals surface area contributed by atoms with Crippen LogP contribution in [0.1, 0.15) is 32.6 Å². The van der Waals surface area contributed by atoms with Gasteiger partial charge in [0.25, 0.3) is 11.8 Å². The molecule has 0 bridgehead atoms. The molecule has 0 unspecified atom stereocenters. The fraction of sp³-hybridized carbons (Fsp3) is 0.185. The van der Waals surface area contributed by atoms with Gasteiger partial charge in [0, 0.05) is 24.1 Å². The number of nitrogens with zero attached hydrogens (tertiary/aromatic N) is 1. The monoisotopic (exact) mass is 442 g/mol. The van der Waals surface area contributed by atoms with Gasteiger partial charge in [-0.1, -0.05) is 65.9 Å². The lowest BCUT2D eigenvalue weighted by molar-refractivity contribution is -0.114. The molecule has 32 heavy (non-hydrogen) atoms. The maximum absolute atomic E-state index is 13.0. The fourth-order valence-corrected chi connectivity index (χ4v) is 4.69. The van der Waals surface area contributed by atoms with E-state index in [0.29, 0.717) is 17.0 Å². The van der Waals surface area contributed by atoms with Crippen LogP contribution >= 0.6 is 11.8 Å². The van der Waals surface area contributed by atoms with Gasteiger partial charge in [-0.05, 0) is 61.2 Å². The Balaban J connectivity index is 1.47. The number of carbonyl (C=O) groups is 2. The largest absolute Gasteiger partial charge is 0.352 e. The second kappa shape index (κ2) is 9.45. The number of rotatable bonds is 5. The molecule has 0 fully saturated rings. The molecule has 1 aliphatic heterocycles. The first kappa shape index (κ1) is 21.9. The molecule has 3 aromatic carbocycles. The van der Waals surface area contributed by atoms with Crippen molar-refractivity contribution in [2.75, 3.05) is 18.5 Å². The SMILES string of the molecule is Cc1ccc(CCNC(=O)c2ccc3c(c2)N(C)C(=O)/C(=C/c2ccccc2C)S3)cc1. The third-order valence-corrected chi connectivity index (χ3v) is 6.69. The molecule has 2 amide bonds. The first-order chi connectivity index (χ1) is 15.4. The summed E-state index contributed by atoms with van der Waals surface area (Å²) in [5.74, 6) is -0.199. The van der Waals surface area contributed by atoms with E-state index < -0.39 is 0 Å². The predicted octanol–water partition coefficient (Wildman–Crippen LogP) is 5.39. The summed E-state index contributed by atoms with van der Waals surface area (Å²) in [7, 11) is 1.76. The van der Waals surface area contributed by atoms with E-state index in [1.54, 1.807) is 18.0 Å². The van der Waals surface area contributed by atoms with Crippen LogP contribution in [0.15, 0.2) is 76.5 Å². The van der Waals surface area contributed by atoms with Crippen molar-refractivity contribution in [3.63, 3.8) is 0 Å². The number of anilines is 1. The van der Waals surface area contributed by atoms with E-state index in [4.69, 9.17) is 0 Å². The highest BCUT2D eigenvalue weighted by molar-refractivity contribution is 8.04. The summed E-state index contributed by atoms with van der Waals surface area (Å²) in [4.78, 5) is 28.9. The Morgan fingerprint density at radius 1 is 1.03 bits per heavy atom. The number of aryl methyl sites for hydroxylation is 2. The molecule has 162 valence electrons. The average molecular weight is 443 g/mol. The molecule has 5 heteroatoms. The zero-order valence-electron chi connectivity index (χ0n) is 18.5. The quantitative estimate of drug-likeness (QED) is 0.539. The van der Waals surface area contributed by atoms with Crippen LogP contribution in [0.5, 0.6) is 0 Å². The Kier molecular flexibility index (Phi) is 6.47. The van der Waals surface area contributed by atoms with Gasteiger partial charge >= 0.3 is 0 Å². The van der Waals surface area contributed by atoms with Gasteiger partial charge in [0.05, 0.1) is 10.6 Å². The van der Waals surface area contributed by atoms with Crippen molar-refractivity contribution in [1.82, 2.24) is 5.32 Å². The van der Waals surface area contributed by atoms with Gasteiger partial charge < -0.3 is 10.2 Å². The van der Waals surface area contributed by atoms with E-state index in [1.165, 1.54) is 22.9 Å². The summed E-state index contributed by atoms with van der Waals surface area (Å²) in [6.07, 6.45) is 2.71. The van der Waals surface area contributed by atoms with Gasteiger partial charge in [-0.2, -0.15) is 0 Å². The van der Waals surface area contributed by atoms with Gasteiger partial charge in [0.1, 0.15) is 0 Å². The maximum Gasteiger partial charge on any atom is 0.264 e. The van der Waals surface area contributed by atoms with Gasteiger partial charge in [-0.3, -0.25) is 9.59 Å². The van der Waals surface area contributed by atoms with Crippen molar-refractivity contribution in [2.24, 2.45) is 0 Å². The van der Waals surface area contributed by atoms with E-state index in [-0.39, 0.29) is 11.8 Å². The van der Waals surface area contributed by atoms with Gasteiger partial charge in [0.2, 0.25) is 0 Å². The third kappa shape index (κ3) is 4.78. The molecule has 0 saturated heterocycles. The number of thioether (sulfide) groups is 1. The lowest BCUT2D eigenvalue weighted by atomic mass is 10.1. The van der Waals surface area contributed by atoms with Crippen molar-refractivity contribution in [3.8, 4) is 0 Å². The molecular weight excluding hydrogens is 416 g/mol. The highest BCUT2D eigenvalue weighted by Crippen LogP contribution is 2.42. The zero-order valence-corrected chi connectivity index (χ0v) is 19.3.